The largest absolute Gasteiger partial charge is 0.497 e. The molecule has 0 unspecified atom stereocenters. The number of benzene rings is 1. The molecule has 1 saturated heterocycles. The number of carbonyl (C=O) groups excluding carboxylic acids is 1. The third-order valence-corrected chi connectivity index (χ3v) is 6.26. The fourth-order valence-electron chi connectivity index (χ4n) is 4.71. The van der Waals surface area contributed by atoms with Gasteiger partial charge in [-0.3, -0.25) is 9.78 Å². The molecule has 7 nitrogen and oxygen atoms in total. The molecule has 3 aromatic heterocycles. The van der Waals surface area contributed by atoms with Crippen molar-refractivity contribution >= 4 is 11.6 Å². The van der Waals surface area contributed by atoms with Crippen LogP contribution in [-0.4, -0.2) is 44.0 Å². The minimum atomic E-state index is -0.0738. The van der Waals surface area contributed by atoms with Gasteiger partial charge >= 0.3 is 0 Å². The Balaban J connectivity index is 1.50. The van der Waals surface area contributed by atoms with E-state index in [1.807, 2.05) is 56.0 Å². The van der Waals surface area contributed by atoms with Crippen LogP contribution in [0.1, 0.15) is 52.0 Å². The summed E-state index contributed by atoms with van der Waals surface area (Å²) in [5, 5.41) is 4.41. The second-order valence-corrected chi connectivity index (χ2v) is 8.64. The number of likely N-dealkylation sites (tertiary alicyclic amines) is 1. The van der Waals surface area contributed by atoms with Crippen molar-refractivity contribution in [2.75, 3.05) is 13.7 Å². The van der Waals surface area contributed by atoms with Crippen molar-refractivity contribution < 1.29 is 9.53 Å². The van der Waals surface area contributed by atoms with Crippen molar-refractivity contribution in [3.63, 3.8) is 0 Å². The number of hydrogen-bond donors (Lipinski definition) is 0. The Morgan fingerprint density at radius 2 is 1.76 bits per heavy atom. The highest BCUT2D eigenvalue weighted by atomic mass is 16.5. The van der Waals surface area contributed by atoms with Gasteiger partial charge in [0.1, 0.15) is 11.3 Å². The number of rotatable bonds is 4. The summed E-state index contributed by atoms with van der Waals surface area (Å²) < 4.78 is 7.02. The highest BCUT2D eigenvalue weighted by molar-refractivity contribution is 6.00. The van der Waals surface area contributed by atoms with E-state index in [2.05, 4.69) is 22.2 Å². The van der Waals surface area contributed by atoms with Crippen LogP contribution < -0.4 is 4.74 Å². The fraction of sp³-hybridized carbons (Fsp3) is 0.308. The number of aryl methyl sites for hydroxylation is 3. The summed E-state index contributed by atoms with van der Waals surface area (Å²) in [6.07, 6.45) is 3.46. The molecule has 168 valence electrons. The predicted octanol–water partition coefficient (Wildman–Crippen LogP) is 4.70. The maximum atomic E-state index is 13.6. The number of nitrogens with zero attached hydrogens (tertiary/aromatic N) is 5. The van der Waals surface area contributed by atoms with Crippen LogP contribution in [0.2, 0.25) is 0 Å². The quantitative estimate of drug-likeness (QED) is 0.459. The zero-order valence-electron chi connectivity index (χ0n) is 19.4. The van der Waals surface area contributed by atoms with Gasteiger partial charge in [0, 0.05) is 23.6 Å². The minimum absolute atomic E-state index is 0.0423. The Morgan fingerprint density at radius 3 is 2.52 bits per heavy atom. The molecule has 5 rings (SSSR count). The molecule has 4 aromatic rings. The van der Waals surface area contributed by atoms with Crippen molar-refractivity contribution in [2.24, 2.45) is 0 Å². The molecule has 1 aliphatic heterocycles. The number of amides is 1. The molecule has 7 heteroatoms. The van der Waals surface area contributed by atoms with Gasteiger partial charge in [0.25, 0.3) is 5.91 Å². The van der Waals surface area contributed by atoms with E-state index in [1.54, 1.807) is 17.8 Å². The third kappa shape index (κ3) is 3.84. The maximum absolute atomic E-state index is 13.6. The predicted molar refractivity (Wildman–Crippen MR) is 126 cm³/mol. The van der Waals surface area contributed by atoms with Gasteiger partial charge in [-0.2, -0.15) is 5.10 Å². The summed E-state index contributed by atoms with van der Waals surface area (Å²) in [6.45, 7) is 6.60. The Bertz CT molecular complexity index is 1340. The lowest BCUT2D eigenvalue weighted by Gasteiger charge is -2.24. The van der Waals surface area contributed by atoms with Crippen LogP contribution >= 0.6 is 0 Å². The molecule has 1 aromatic carbocycles. The first kappa shape index (κ1) is 21.1. The van der Waals surface area contributed by atoms with Crippen molar-refractivity contribution in [1.29, 1.82) is 0 Å². The average molecular weight is 442 g/mol. The number of methoxy groups -OCH3 is 1. The molecule has 1 amide bonds. The molecule has 4 heterocycles. The Hall–Kier alpha value is -3.74. The highest BCUT2D eigenvalue weighted by Gasteiger charge is 2.33. The van der Waals surface area contributed by atoms with Crippen LogP contribution in [0, 0.1) is 20.8 Å². The van der Waals surface area contributed by atoms with E-state index in [9.17, 15) is 4.79 Å². The monoisotopic (exact) mass is 441 g/mol. The number of pyridine rings is 1. The second kappa shape index (κ2) is 8.31. The molecule has 0 bridgehead atoms. The molecule has 0 spiro atoms. The van der Waals surface area contributed by atoms with E-state index in [-0.39, 0.29) is 11.9 Å². The van der Waals surface area contributed by atoms with E-state index in [0.29, 0.717) is 17.8 Å². The molecule has 0 saturated carbocycles. The summed E-state index contributed by atoms with van der Waals surface area (Å²) in [7, 11) is 1.66. The van der Waals surface area contributed by atoms with Crippen LogP contribution in [0.5, 0.6) is 5.75 Å². The first-order valence-corrected chi connectivity index (χ1v) is 11.2. The maximum Gasteiger partial charge on any atom is 0.259 e. The van der Waals surface area contributed by atoms with E-state index >= 15 is 0 Å². The van der Waals surface area contributed by atoms with Crippen LogP contribution in [0.15, 0.2) is 48.7 Å². The minimum Gasteiger partial charge on any atom is -0.497 e. The number of ether oxygens (including phenoxy) is 1. The smallest absolute Gasteiger partial charge is 0.259 e. The Morgan fingerprint density at radius 1 is 1.00 bits per heavy atom. The molecule has 33 heavy (non-hydrogen) atoms. The van der Waals surface area contributed by atoms with Gasteiger partial charge in [0.15, 0.2) is 5.65 Å². The molecule has 0 aliphatic carbocycles. The van der Waals surface area contributed by atoms with Crippen LogP contribution in [0.4, 0.5) is 0 Å². The van der Waals surface area contributed by atoms with Crippen molar-refractivity contribution in [3.05, 3.63) is 77.0 Å². The number of hydrogen-bond acceptors (Lipinski definition) is 5. The van der Waals surface area contributed by atoms with E-state index in [4.69, 9.17) is 9.72 Å². The number of carbonyl (C=O) groups is 1. The van der Waals surface area contributed by atoms with Gasteiger partial charge in [0.2, 0.25) is 0 Å². The van der Waals surface area contributed by atoms with Crippen molar-refractivity contribution in [1.82, 2.24) is 24.5 Å². The Kier molecular flexibility index (Phi) is 5.32. The van der Waals surface area contributed by atoms with Crippen molar-refractivity contribution in [2.45, 2.75) is 39.7 Å². The SMILES string of the molecule is COc1ccc(-c2cc(C)nc([C@@H]3CCCN3C(=O)c3cnn4c(C)cc(C)nc34)c2)cc1. The van der Waals surface area contributed by atoms with Crippen LogP contribution in [0.3, 0.4) is 0 Å². The van der Waals surface area contributed by atoms with Gasteiger partial charge in [-0.05, 0) is 75.1 Å². The zero-order chi connectivity index (χ0) is 23.1. The lowest BCUT2D eigenvalue weighted by atomic mass is 10.0. The number of fused-ring (bicyclic) bond motifs is 1. The normalized spacial score (nSPS) is 15.9. The van der Waals surface area contributed by atoms with Crippen LogP contribution in [-0.2, 0) is 0 Å². The summed E-state index contributed by atoms with van der Waals surface area (Å²) >= 11 is 0. The lowest BCUT2D eigenvalue weighted by Crippen LogP contribution is -2.31. The molecular formula is C26H27N5O2. The van der Waals surface area contributed by atoms with Crippen LogP contribution in [0.25, 0.3) is 16.8 Å². The van der Waals surface area contributed by atoms with E-state index in [1.165, 1.54) is 0 Å². The molecule has 1 aliphatic rings. The highest BCUT2D eigenvalue weighted by Crippen LogP contribution is 2.35. The van der Waals surface area contributed by atoms with E-state index < -0.39 is 0 Å². The molecule has 1 atom stereocenters. The Labute approximate surface area is 193 Å². The summed E-state index contributed by atoms with van der Waals surface area (Å²) in [6, 6.07) is 14.1. The molecule has 0 N–H and O–H groups in total. The second-order valence-electron chi connectivity index (χ2n) is 8.64. The molecular weight excluding hydrogens is 414 g/mol. The van der Waals surface area contributed by atoms with Gasteiger partial charge < -0.3 is 9.64 Å². The van der Waals surface area contributed by atoms with Gasteiger partial charge in [-0.15, -0.1) is 0 Å². The first-order chi connectivity index (χ1) is 15.9. The fourth-order valence-corrected chi connectivity index (χ4v) is 4.71. The van der Waals surface area contributed by atoms with Crippen molar-refractivity contribution in [3.8, 4) is 16.9 Å². The van der Waals surface area contributed by atoms with Gasteiger partial charge in [0.05, 0.1) is 25.0 Å². The molecule has 1 fully saturated rings. The van der Waals surface area contributed by atoms with Gasteiger partial charge in [-0.25, -0.2) is 9.50 Å². The van der Waals surface area contributed by atoms with E-state index in [0.717, 1.165) is 52.5 Å². The lowest BCUT2D eigenvalue weighted by molar-refractivity contribution is 0.0734. The third-order valence-electron chi connectivity index (χ3n) is 6.26. The summed E-state index contributed by atoms with van der Waals surface area (Å²) in [5.41, 5.74) is 7.01. The van der Waals surface area contributed by atoms with Gasteiger partial charge in [-0.1, -0.05) is 12.1 Å². The zero-order valence-corrected chi connectivity index (χ0v) is 19.4. The average Bonchev–Trinajstić information content (AvgIpc) is 3.46. The molecule has 0 radical (unpaired) electrons. The topological polar surface area (TPSA) is 72.6 Å². The first-order valence-electron chi connectivity index (χ1n) is 11.2. The standard InChI is InChI=1S/C26H27N5O2/c1-16-12-18(3)31-25(29-16)22(15-27-31)26(32)30-11-5-6-24(30)23-14-20(13-17(2)28-23)19-7-9-21(33-4)10-8-19/h7-10,12-15,24H,5-6,11H2,1-4H3/t24-/m0/s1. The summed E-state index contributed by atoms with van der Waals surface area (Å²) in [4.78, 5) is 25.0. The number of aromatic nitrogens is 4. The summed E-state index contributed by atoms with van der Waals surface area (Å²) in [5.74, 6) is 0.782.